The van der Waals surface area contributed by atoms with E-state index in [1.165, 1.54) is 12.1 Å². The Hall–Kier alpha value is -4.80. The third-order valence-electron chi connectivity index (χ3n) is 5.46. The number of hydrogen-bond donors (Lipinski definition) is 8. The molecule has 0 fully saturated rings. The Bertz CT molecular complexity index is 2090. The first-order valence-corrected chi connectivity index (χ1v) is 14.3. The van der Waals surface area contributed by atoms with Gasteiger partial charge in [-0.1, -0.05) is 24.3 Å². The number of nitrogens with zero attached hydrogens (tertiary/aromatic N) is 4. The average molecular weight is 776 g/mol. The van der Waals surface area contributed by atoms with Crippen LogP contribution in [0.1, 0.15) is 32.1 Å². The van der Waals surface area contributed by atoms with Gasteiger partial charge in [0, 0.05) is 34.1 Å². The first-order valence-electron chi connectivity index (χ1n) is 11.4. The Morgan fingerprint density at radius 2 is 0.957 bits per heavy atom. The maximum atomic E-state index is 12.1. The summed E-state index contributed by atoms with van der Waals surface area (Å²) in [4.78, 5) is 44.4. The quantitative estimate of drug-likeness (QED) is 0.0499. The van der Waals surface area contributed by atoms with Crippen LogP contribution < -0.4 is 11.1 Å². The molecule has 46 heavy (non-hydrogen) atoms. The summed E-state index contributed by atoms with van der Waals surface area (Å²) in [6, 6.07) is 6.28. The number of aromatic nitrogens is 4. The zero-order chi connectivity index (χ0) is 32.4. The SMILES string of the molecule is O=C(O)c1[nH][nH]c(=O)c1N=Nc1ccc(C=Cc2ccc(N=Nc3c(C(=O)O)[nH][nH]c3=O)cc2S(=O)(=O)O)c(S(=O)(=O)O)c1.[Cu].[Cu]. The van der Waals surface area contributed by atoms with Gasteiger partial charge in [-0.25, -0.2) is 9.59 Å². The van der Waals surface area contributed by atoms with Crippen LogP contribution in [0.4, 0.5) is 22.7 Å². The molecule has 250 valence electrons. The number of aromatic carboxylic acids is 2. The normalized spacial score (nSPS) is 12.0. The van der Waals surface area contributed by atoms with E-state index in [2.05, 4.69) is 30.7 Å². The van der Waals surface area contributed by atoms with Crippen molar-refractivity contribution in [2.24, 2.45) is 20.5 Å². The first-order chi connectivity index (χ1) is 20.6. The minimum Gasteiger partial charge on any atom is -0.476 e. The molecule has 24 heteroatoms. The molecule has 0 unspecified atom stereocenters. The summed E-state index contributed by atoms with van der Waals surface area (Å²) < 4.78 is 67.8. The van der Waals surface area contributed by atoms with Gasteiger partial charge in [0.05, 0.1) is 11.4 Å². The Kier molecular flexibility index (Phi) is 11.8. The first kappa shape index (κ1) is 37.4. The number of nitrogens with one attached hydrogen (secondary N) is 4. The molecule has 0 spiro atoms. The number of benzene rings is 2. The summed E-state index contributed by atoms with van der Waals surface area (Å²) in [5.41, 5.74) is -5.16. The number of carbonyl (C=O) groups is 2. The molecule has 0 saturated carbocycles. The Morgan fingerprint density at radius 3 is 1.26 bits per heavy atom. The number of H-pyrrole nitrogens is 4. The van der Waals surface area contributed by atoms with Gasteiger partial charge in [0.1, 0.15) is 9.79 Å². The van der Waals surface area contributed by atoms with Crippen molar-refractivity contribution in [3.63, 3.8) is 0 Å². The Balaban J connectivity index is 0.00000368. The molecule has 20 nitrogen and oxygen atoms in total. The monoisotopic (exact) mass is 774 g/mol. The molecule has 0 aliphatic carbocycles. The molecule has 0 aliphatic rings. The third-order valence-corrected chi connectivity index (χ3v) is 7.28. The number of aromatic amines is 4. The minimum absolute atomic E-state index is 0. The van der Waals surface area contributed by atoms with Crippen LogP contribution in [0, 0.1) is 0 Å². The molecular weight excluding hydrogens is 760 g/mol. The largest absolute Gasteiger partial charge is 0.476 e. The molecule has 0 atom stereocenters. The second kappa shape index (κ2) is 14.5. The topological polar surface area (TPSA) is 330 Å². The molecule has 4 rings (SSSR count). The van der Waals surface area contributed by atoms with Crippen molar-refractivity contribution in [1.82, 2.24) is 20.4 Å². The zero-order valence-corrected chi connectivity index (χ0v) is 25.4. The summed E-state index contributed by atoms with van der Waals surface area (Å²) in [7, 11) is -9.88. The van der Waals surface area contributed by atoms with Gasteiger partial charge in [-0.2, -0.15) is 27.1 Å². The van der Waals surface area contributed by atoms with Crippen LogP contribution in [0.2, 0.25) is 0 Å². The number of rotatable bonds is 10. The van der Waals surface area contributed by atoms with E-state index >= 15 is 0 Å². The van der Waals surface area contributed by atoms with E-state index in [0.29, 0.717) is 0 Å². The van der Waals surface area contributed by atoms with E-state index in [4.69, 9.17) is 10.2 Å². The molecule has 0 saturated heterocycles. The van der Waals surface area contributed by atoms with Crippen molar-refractivity contribution >= 4 is 67.1 Å². The van der Waals surface area contributed by atoms with E-state index in [1.54, 1.807) is 0 Å². The standard InChI is InChI=1S/C22H16N8O12S2.2Cu/c31-19-15(17(21(33)34)27-29-19)25-23-11-5-3-9(13(7-11)43(37,38)39)1-2-10-4-6-12(8-14(10)44(40,41)42)24-26-16-18(22(35)36)28-30-20(16)32;;/h1-8H,(H,33,34)(H,35,36)(H2,27,29,31)(H2,28,30,32)(H,37,38,39)(H,40,41,42);;. The number of azo groups is 2. The molecule has 0 bridgehead atoms. The van der Waals surface area contributed by atoms with Crippen LogP contribution in [-0.4, -0.2) is 68.5 Å². The van der Waals surface area contributed by atoms with Gasteiger partial charge in [-0.05, 0) is 35.4 Å². The third kappa shape index (κ3) is 8.47. The summed E-state index contributed by atoms with van der Waals surface area (Å²) >= 11 is 0. The van der Waals surface area contributed by atoms with Crippen molar-refractivity contribution in [3.05, 3.63) is 79.6 Å². The fourth-order valence-corrected chi connectivity index (χ4v) is 4.90. The van der Waals surface area contributed by atoms with Gasteiger partial charge in [-0.15, -0.1) is 10.2 Å². The van der Waals surface area contributed by atoms with Crippen LogP contribution in [0.3, 0.4) is 0 Å². The van der Waals surface area contributed by atoms with Crippen molar-refractivity contribution in [2.45, 2.75) is 9.79 Å². The molecule has 2 aromatic heterocycles. The average Bonchev–Trinajstić information content (AvgIpc) is 3.50. The maximum absolute atomic E-state index is 12.1. The zero-order valence-electron chi connectivity index (χ0n) is 21.9. The fraction of sp³-hybridized carbons (Fsp3) is 0. The smallest absolute Gasteiger partial charge is 0.356 e. The van der Waals surface area contributed by atoms with E-state index in [-0.39, 0.29) is 56.6 Å². The van der Waals surface area contributed by atoms with Gasteiger partial charge in [-0.3, -0.25) is 39.1 Å². The van der Waals surface area contributed by atoms with Crippen LogP contribution in [0.15, 0.2) is 76.2 Å². The van der Waals surface area contributed by atoms with Crippen LogP contribution in [0.25, 0.3) is 12.2 Å². The molecule has 4 aromatic rings. The van der Waals surface area contributed by atoms with Gasteiger partial charge in [0.15, 0.2) is 22.8 Å². The second-order valence-electron chi connectivity index (χ2n) is 8.34. The summed E-state index contributed by atoms with van der Waals surface area (Å²) in [6.45, 7) is 0. The number of carboxylic acid groups (broad SMARTS) is 2. The summed E-state index contributed by atoms with van der Waals surface area (Å²) in [5.74, 6) is -3.06. The van der Waals surface area contributed by atoms with Gasteiger partial charge in [0.25, 0.3) is 31.4 Å². The summed E-state index contributed by atoms with van der Waals surface area (Å²) in [6.07, 6.45) is 2.13. The molecule has 2 aromatic carbocycles. The number of hydrogen-bond acceptors (Lipinski definition) is 12. The number of carboxylic acids is 2. The predicted molar refractivity (Wildman–Crippen MR) is 147 cm³/mol. The van der Waals surface area contributed by atoms with Gasteiger partial charge in [0.2, 0.25) is 0 Å². The van der Waals surface area contributed by atoms with Crippen molar-refractivity contribution in [2.75, 3.05) is 0 Å². The van der Waals surface area contributed by atoms with E-state index in [0.717, 1.165) is 36.4 Å². The molecule has 0 aliphatic heterocycles. The second-order valence-corrected chi connectivity index (χ2v) is 11.1. The maximum Gasteiger partial charge on any atom is 0.356 e. The van der Waals surface area contributed by atoms with E-state index < -0.39 is 75.8 Å². The van der Waals surface area contributed by atoms with Crippen molar-refractivity contribution < 1.29 is 79.9 Å². The Labute approximate surface area is 276 Å². The van der Waals surface area contributed by atoms with Crippen LogP contribution >= 0.6 is 0 Å². The minimum atomic E-state index is -4.94. The Morgan fingerprint density at radius 1 is 0.609 bits per heavy atom. The van der Waals surface area contributed by atoms with Gasteiger partial charge >= 0.3 is 11.9 Å². The fourth-order valence-electron chi connectivity index (χ4n) is 3.49. The summed E-state index contributed by atoms with van der Waals surface area (Å²) in [5, 5.41) is 40.7. The molecule has 2 radical (unpaired) electrons. The van der Waals surface area contributed by atoms with Gasteiger partial charge < -0.3 is 10.2 Å². The van der Waals surface area contributed by atoms with E-state index in [1.807, 2.05) is 10.2 Å². The molecular formula is C22H16Cu2N8O12S2. The van der Waals surface area contributed by atoms with E-state index in [9.17, 15) is 45.1 Å². The molecule has 0 amide bonds. The van der Waals surface area contributed by atoms with Crippen molar-refractivity contribution in [3.8, 4) is 0 Å². The van der Waals surface area contributed by atoms with Crippen LogP contribution in [-0.2, 0) is 54.4 Å². The van der Waals surface area contributed by atoms with Crippen LogP contribution in [0.5, 0.6) is 0 Å². The predicted octanol–water partition coefficient (Wildman–Crippen LogP) is 2.61. The molecule has 2 heterocycles. The van der Waals surface area contributed by atoms with Crippen molar-refractivity contribution in [1.29, 1.82) is 0 Å². The molecule has 8 N–H and O–H groups in total.